The summed E-state index contributed by atoms with van der Waals surface area (Å²) >= 11 is 0. The van der Waals surface area contributed by atoms with E-state index in [1.807, 2.05) is 14.1 Å². The highest BCUT2D eigenvalue weighted by molar-refractivity contribution is 5.76. The number of rotatable bonds is 22. The molecule has 0 aromatic rings. The molecule has 0 aromatic heterocycles. The van der Waals surface area contributed by atoms with E-state index in [2.05, 4.69) is 36.2 Å². The van der Waals surface area contributed by atoms with E-state index in [-0.39, 0.29) is 12.1 Å². The van der Waals surface area contributed by atoms with E-state index < -0.39 is 0 Å². The van der Waals surface area contributed by atoms with Crippen LogP contribution in [0.2, 0.25) is 0 Å². The maximum atomic E-state index is 12.0. The molecule has 0 saturated heterocycles. The predicted octanol–water partition coefficient (Wildman–Crippen LogP) is 8.00. The highest BCUT2D eigenvalue weighted by Crippen LogP contribution is 2.12. The molecule has 3 nitrogen and oxygen atoms in total. The van der Waals surface area contributed by atoms with Gasteiger partial charge in [0.1, 0.15) is 0 Å². The van der Waals surface area contributed by atoms with Crippen LogP contribution in [0.5, 0.6) is 0 Å². The van der Waals surface area contributed by atoms with Crippen molar-refractivity contribution in [1.29, 1.82) is 0 Å². The molecule has 0 aliphatic rings. The number of hydrogen-bond donors (Lipinski definition) is 1. The highest BCUT2D eigenvalue weighted by atomic mass is 16.1. The van der Waals surface area contributed by atoms with Crippen molar-refractivity contribution in [2.24, 2.45) is 0 Å². The zero-order valence-corrected chi connectivity index (χ0v) is 21.0. The van der Waals surface area contributed by atoms with E-state index in [9.17, 15) is 4.79 Å². The number of nitrogens with zero attached hydrogens (tertiary/aromatic N) is 1. The Morgan fingerprint density at radius 1 is 0.700 bits per heavy atom. The summed E-state index contributed by atoms with van der Waals surface area (Å²) in [4.78, 5) is 14.0. The summed E-state index contributed by atoms with van der Waals surface area (Å²) in [6.45, 7) is 4.39. The van der Waals surface area contributed by atoms with Crippen LogP contribution >= 0.6 is 0 Å². The number of unbranched alkanes of at least 4 members (excludes halogenated alkanes) is 15. The molecule has 0 radical (unpaired) electrons. The number of carbonyl (C=O) groups excluding carboxylic acids is 1. The van der Waals surface area contributed by atoms with Crippen LogP contribution in [0.25, 0.3) is 0 Å². The molecule has 1 amide bonds. The summed E-state index contributed by atoms with van der Waals surface area (Å²) in [5.41, 5.74) is 0. The first-order valence-corrected chi connectivity index (χ1v) is 13.2. The Morgan fingerprint density at radius 2 is 1.13 bits per heavy atom. The number of allylic oxidation sites excluding steroid dienone is 2. The molecule has 0 saturated carbocycles. The minimum atomic E-state index is 0.174. The lowest BCUT2D eigenvalue weighted by atomic mass is 10.1. The third-order valence-electron chi connectivity index (χ3n) is 6.00. The number of hydrogen-bond acceptors (Lipinski definition) is 2. The fraction of sp³-hybridized carbons (Fsp3) is 0.889. The zero-order valence-electron chi connectivity index (χ0n) is 21.0. The topological polar surface area (TPSA) is 32.3 Å². The summed E-state index contributed by atoms with van der Waals surface area (Å²) in [6, 6.07) is 0. The zero-order chi connectivity index (χ0) is 22.3. The lowest BCUT2D eigenvalue weighted by molar-refractivity contribution is -0.123. The van der Waals surface area contributed by atoms with E-state index in [1.165, 1.54) is 103 Å². The molecule has 178 valence electrons. The Labute approximate surface area is 189 Å². The van der Waals surface area contributed by atoms with E-state index >= 15 is 0 Å². The van der Waals surface area contributed by atoms with Gasteiger partial charge in [-0.15, -0.1) is 0 Å². The van der Waals surface area contributed by atoms with Crippen LogP contribution in [0.3, 0.4) is 0 Å². The van der Waals surface area contributed by atoms with Gasteiger partial charge >= 0.3 is 0 Å². The van der Waals surface area contributed by atoms with Crippen molar-refractivity contribution in [2.75, 3.05) is 14.1 Å². The van der Waals surface area contributed by atoms with Crippen LogP contribution in [0.15, 0.2) is 12.2 Å². The smallest absolute Gasteiger partial charge is 0.221 e. The molecule has 1 unspecified atom stereocenters. The first-order chi connectivity index (χ1) is 14.6. The third kappa shape index (κ3) is 20.4. The van der Waals surface area contributed by atoms with Gasteiger partial charge in [-0.1, -0.05) is 103 Å². The van der Waals surface area contributed by atoms with Gasteiger partial charge in [-0.2, -0.15) is 0 Å². The second kappa shape index (κ2) is 22.8. The van der Waals surface area contributed by atoms with Crippen LogP contribution < -0.4 is 5.32 Å². The van der Waals surface area contributed by atoms with Crippen LogP contribution in [-0.2, 0) is 4.79 Å². The average Bonchev–Trinajstić information content (AvgIpc) is 2.73. The van der Waals surface area contributed by atoms with Crippen LogP contribution in [0.4, 0.5) is 0 Å². The Bertz CT molecular complexity index is 392. The van der Waals surface area contributed by atoms with Crippen molar-refractivity contribution in [2.45, 2.75) is 142 Å². The minimum Gasteiger partial charge on any atom is -0.341 e. The average molecular weight is 423 g/mol. The van der Waals surface area contributed by atoms with E-state index in [4.69, 9.17) is 0 Å². The maximum absolute atomic E-state index is 12.0. The van der Waals surface area contributed by atoms with Gasteiger partial charge in [-0.05, 0) is 52.6 Å². The molecule has 0 fully saturated rings. The lowest BCUT2D eigenvalue weighted by Crippen LogP contribution is -2.44. The van der Waals surface area contributed by atoms with Crippen molar-refractivity contribution in [3.05, 3.63) is 12.2 Å². The quantitative estimate of drug-likeness (QED) is 0.109. The van der Waals surface area contributed by atoms with Gasteiger partial charge in [0, 0.05) is 6.42 Å². The second-order valence-corrected chi connectivity index (χ2v) is 9.20. The van der Waals surface area contributed by atoms with Crippen molar-refractivity contribution >= 4 is 5.91 Å². The molecular weight excluding hydrogens is 368 g/mol. The summed E-state index contributed by atoms with van der Waals surface area (Å²) in [7, 11) is 4.03. The molecule has 0 aliphatic heterocycles. The van der Waals surface area contributed by atoms with E-state index in [1.54, 1.807) is 0 Å². The molecule has 1 atom stereocenters. The summed E-state index contributed by atoms with van der Waals surface area (Å²) in [5, 5.41) is 3.11. The number of amides is 1. The molecular formula is C27H54N2O. The van der Waals surface area contributed by atoms with Crippen molar-refractivity contribution in [3.63, 3.8) is 0 Å². The van der Waals surface area contributed by atoms with E-state index in [0.717, 1.165) is 12.8 Å². The van der Waals surface area contributed by atoms with Gasteiger partial charge in [0.15, 0.2) is 0 Å². The Balaban J connectivity index is 3.28. The number of carbonyl (C=O) groups is 1. The molecule has 1 N–H and O–H groups in total. The molecule has 0 bridgehead atoms. The molecule has 0 aliphatic carbocycles. The van der Waals surface area contributed by atoms with Gasteiger partial charge in [-0.3, -0.25) is 9.69 Å². The summed E-state index contributed by atoms with van der Waals surface area (Å²) in [6.07, 6.45) is 29.2. The van der Waals surface area contributed by atoms with E-state index in [0.29, 0.717) is 6.42 Å². The largest absolute Gasteiger partial charge is 0.341 e. The monoisotopic (exact) mass is 422 g/mol. The SMILES string of the molecule is CCCCCCCC/C=C\CCCCCCCCCCCC(=O)NC(CC)N(C)C. The molecule has 0 rings (SSSR count). The van der Waals surface area contributed by atoms with Crippen molar-refractivity contribution < 1.29 is 4.79 Å². The summed E-state index contributed by atoms with van der Waals surface area (Å²) < 4.78 is 0. The molecule has 0 aromatic carbocycles. The molecule has 30 heavy (non-hydrogen) atoms. The van der Waals surface area contributed by atoms with Crippen molar-refractivity contribution in [1.82, 2.24) is 10.2 Å². The third-order valence-corrected chi connectivity index (χ3v) is 6.00. The fourth-order valence-electron chi connectivity index (χ4n) is 3.92. The van der Waals surface area contributed by atoms with Crippen LogP contribution in [0.1, 0.15) is 136 Å². The maximum Gasteiger partial charge on any atom is 0.221 e. The summed E-state index contributed by atoms with van der Waals surface area (Å²) in [5.74, 6) is 0.205. The van der Waals surface area contributed by atoms with Crippen molar-refractivity contribution in [3.8, 4) is 0 Å². The molecule has 0 spiro atoms. The minimum absolute atomic E-state index is 0.174. The number of nitrogens with one attached hydrogen (secondary N) is 1. The highest BCUT2D eigenvalue weighted by Gasteiger charge is 2.11. The first-order valence-electron chi connectivity index (χ1n) is 13.2. The van der Waals surface area contributed by atoms with Gasteiger partial charge in [0.2, 0.25) is 5.91 Å². The second-order valence-electron chi connectivity index (χ2n) is 9.20. The first kappa shape index (κ1) is 29.2. The molecule has 3 heteroatoms. The lowest BCUT2D eigenvalue weighted by Gasteiger charge is -2.23. The van der Waals surface area contributed by atoms with Gasteiger partial charge in [0.05, 0.1) is 6.17 Å². The molecule has 0 heterocycles. The fourth-order valence-corrected chi connectivity index (χ4v) is 3.92. The normalized spacial score (nSPS) is 12.7. The Kier molecular flexibility index (Phi) is 22.2. The standard InChI is InChI=1S/C27H54N2O/c1-5-7-8-9-10-11-12-13-14-15-16-17-18-19-20-21-22-23-24-25-27(30)28-26(6-2)29(3)4/h13-14,26H,5-12,15-25H2,1-4H3,(H,28,30)/b14-13-. The predicted molar refractivity (Wildman–Crippen MR) is 134 cm³/mol. The van der Waals surface area contributed by atoms with Gasteiger partial charge in [0.25, 0.3) is 0 Å². The van der Waals surface area contributed by atoms with Gasteiger partial charge in [-0.25, -0.2) is 0 Å². The van der Waals surface area contributed by atoms with Crippen LogP contribution in [0, 0.1) is 0 Å². The van der Waals surface area contributed by atoms with Crippen LogP contribution in [-0.4, -0.2) is 31.1 Å². The van der Waals surface area contributed by atoms with Gasteiger partial charge < -0.3 is 5.32 Å². The Morgan fingerprint density at radius 3 is 1.57 bits per heavy atom. The Hall–Kier alpha value is -0.830.